The number of esters is 1. The lowest BCUT2D eigenvalue weighted by atomic mass is 9.84. The van der Waals surface area contributed by atoms with Crippen LogP contribution < -0.4 is 10.9 Å². The Balaban J connectivity index is 1.28. The zero-order valence-corrected chi connectivity index (χ0v) is 27.7. The van der Waals surface area contributed by atoms with Gasteiger partial charge in [-0.3, -0.25) is 4.79 Å². The van der Waals surface area contributed by atoms with Crippen molar-refractivity contribution in [3.63, 3.8) is 0 Å². The number of pyridine rings is 2. The minimum atomic E-state index is -1.96. The lowest BCUT2D eigenvalue weighted by molar-refractivity contribution is -0.172. The van der Waals surface area contributed by atoms with Gasteiger partial charge in [-0.2, -0.15) is 0 Å². The Labute approximate surface area is 262 Å². The van der Waals surface area contributed by atoms with Gasteiger partial charge < -0.3 is 28.9 Å². The fourth-order valence-corrected chi connectivity index (χ4v) is 7.50. The van der Waals surface area contributed by atoms with E-state index in [9.17, 15) is 19.5 Å². The number of amides is 1. The first-order valence-corrected chi connectivity index (χ1v) is 18.5. The molecule has 2 aliphatic heterocycles. The molecule has 6 rings (SSSR count). The Morgan fingerprint density at radius 3 is 2.60 bits per heavy atom. The largest absolute Gasteiger partial charge is 0.458 e. The first kappa shape index (κ1) is 31.4. The molecule has 10 nitrogen and oxygen atoms in total. The van der Waals surface area contributed by atoms with Crippen LogP contribution in [0.5, 0.6) is 0 Å². The van der Waals surface area contributed by atoms with Crippen molar-refractivity contribution in [2.75, 3.05) is 13.2 Å². The summed E-state index contributed by atoms with van der Waals surface area (Å²) in [6, 6.07) is 3.04. The number of carbonyl (C=O) groups excluding carboxylic acids is 2. The standard InChI is InChI=1S/C33H40FN3O7Si/c1-7-33(41)23-13-26-28-21(16-37(26)29(38)22(23)17-43-30(33)39)19-10-8-9-18-20(24(34)14-25(36-28)27(18)19)15-35-31(40)42-11-12-44-45(5,6)32(2,3)4/h13-14,41H,7-12,15-17H2,1-6H3,(H,35,40)/t33-/m0/s1. The van der Waals surface area contributed by atoms with Crippen molar-refractivity contribution < 1.29 is 33.0 Å². The number of alkyl carbamates (subject to hydrolysis) is 1. The smallest absolute Gasteiger partial charge is 0.407 e. The Morgan fingerprint density at radius 1 is 1.16 bits per heavy atom. The topological polar surface area (TPSA) is 129 Å². The molecular formula is C33H40FN3O7Si. The fraction of sp³-hybridized carbons (Fsp3) is 0.515. The molecule has 0 radical (unpaired) electrons. The normalized spacial score (nSPS) is 18.7. The van der Waals surface area contributed by atoms with Gasteiger partial charge in [0.15, 0.2) is 13.9 Å². The molecule has 3 aliphatic rings. The Hall–Kier alpha value is -3.61. The predicted octanol–water partition coefficient (Wildman–Crippen LogP) is 4.96. The van der Waals surface area contributed by atoms with E-state index in [0.717, 1.165) is 34.9 Å². The van der Waals surface area contributed by atoms with E-state index in [1.165, 1.54) is 6.07 Å². The first-order chi connectivity index (χ1) is 21.2. The minimum Gasteiger partial charge on any atom is -0.458 e. The number of ether oxygens (including phenoxy) is 2. The second-order valence-corrected chi connectivity index (χ2v) is 18.5. The SMILES string of the molecule is CC[C@@]1(O)C(=O)OCc2c1cc1n(c2=O)Cc2c-1nc1cc(F)c(CNC(=O)OCCO[Si](C)(C)C(C)(C)C)c3c1c2CCC3. The number of nitrogens with one attached hydrogen (secondary N) is 1. The molecule has 1 amide bonds. The minimum absolute atomic E-state index is 0.0361. The molecule has 3 aromatic rings. The molecule has 1 aliphatic carbocycles. The summed E-state index contributed by atoms with van der Waals surface area (Å²) in [7, 11) is -1.96. The number of benzene rings is 1. The van der Waals surface area contributed by atoms with Gasteiger partial charge in [-0.15, -0.1) is 0 Å². The number of aliphatic hydroxyl groups is 1. The number of hydrogen-bond donors (Lipinski definition) is 2. The highest BCUT2D eigenvalue weighted by atomic mass is 28.4. The summed E-state index contributed by atoms with van der Waals surface area (Å²) in [5, 5.41) is 14.8. The maximum absolute atomic E-state index is 15.7. The summed E-state index contributed by atoms with van der Waals surface area (Å²) in [5.74, 6) is -1.26. The van der Waals surface area contributed by atoms with Gasteiger partial charge in [-0.1, -0.05) is 27.7 Å². The van der Waals surface area contributed by atoms with Crippen LogP contribution in [0.2, 0.25) is 18.1 Å². The number of halogens is 1. The lowest BCUT2D eigenvalue weighted by Gasteiger charge is -2.36. The van der Waals surface area contributed by atoms with E-state index in [4.69, 9.17) is 18.9 Å². The van der Waals surface area contributed by atoms with Crippen LogP contribution in [0.1, 0.15) is 73.9 Å². The van der Waals surface area contributed by atoms with Crippen LogP contribution in [-0.4, -0.2) is 48.3 Å². The lowest BCUT2D eigenvalue weighted by Crippen LogP contribution is -2.44. The van der Waals surface area contributed by atoms with Crippen molar-refractivity contribution in [1.29, 1.82) is 0 Å². The molecule has 45 heavy (non-hydrogen) atoms. The van der Waals surface area contributed by atoms with E-state index in [1.54, 1.807) is 17.6 Å². The summed E-state index contributed by atoms with van der Waals surface area (Å²) in [6.07, 6.45) is 1.53. The number of rotatable bonds is 7. The number of aryl methyl sites for hydroxylation is 2. The van der Waals surface area contributed by atoms with E-state index in [-0.39, 0.29) is 54.4 Å². The molecule has 0 unspecified atom stereocenters. The second kappa shape index (κ2) is 11.0. The summed E-state index contributed by atoms with van der Waals surface area (Å²) >= 11 is 0. The van der Waals surface area contributed by atoms with Gasteiger partial charge in [0.25, 0.3) is 5.56 Å². The average molecular weight is 638 g/mol. The summed E-state index contributed by atoms with van der Waals surface area (Å²) in [5.41, 5.74) is 2.82. The number of fused-ring (bicyclic) bond motifs is 5. The molecule has 0 spiro atoms. The maximum atomic E-state index is 15.7. The van der Waals surface area contributed by atoms with Gasteiger partial charge in [-0.05, 0) is 61.0 Å². The quantitative estimate of drug-likeness (QED) is 0.165. The first-order valence-electron chi connectivity index (χ1n) is 15.6. The average Bonchev–Trinajstić information content (AvgIpc) is 3.36. The third-order valence-corrected chi connectivity index (χ3v) is 14.6. The molecule has 240 valence electrons. The van der Waals surface area contributed by atoms with Gasteiger partial charge in [0.2, 0.25) is 0 Å². The van der Waals surface area contributed by atoms with Crippen LogP contribution in [0.4, 0.5) is 9.18 Å². The Morgan fingerprint density at radius 2 is 1.89 bits per heavy atom. The van der Waals surface area contributed by atoms with Crippen LogP contribution in [0, 0.1) is 5.82 Å². The van der Waals surface area contributed by atoms with Gasteiger partial charge >= 0.3 is 12.1 Å². The van der Waals surface area contributed by atoms with E-state index in [1.807, 2.05) is 0 Å². The summed E-state index contributed by atoms with van der Waals surface area (Å²) in [4.78, 5) is 43.5. The number of aromatic nitrogens is 2. The zero-order chi connectivity index (χ0) is 32.5. The van der Waals surface area contributed by atoms with Crippen LogP contribution in [0.25, 0.3) is 22.3 Å². The molecule has 0 saturated carbocycles. The van der Waals surface area contributed by atoms with Crippen LogP contribution >= 0.6 is 0 Å². The predicted molar refractivity (Wildman–Crippen MR) is 168 cm³/mol. The molecule has 2 N–H and O–H groups in total. The third-order valence-electron chi connectivity index (χ3n) is 10.1. The van der Waals surface area contributed by atoms with E-state index >= 15 is 4.39 Å². The highest BCUT2D eigenvalue weighted by molar-refractivity contribution is 6.74. The molecule has 2 aromatic heterocycles. The molecule has 0 bridgehead atoms. The molecule has 12 heteroatoms. The zero-order valence-electron chi connectivity index (χ0n) is 26.7. The number of carbonyl (C=O) groups is 2. The fourth-order valence-electron chi connectivity index (χ4n) is 6.47. The molecule has 1 atom stereocenters. The molecule has 1 aromatic carbocycles. The van der Waals surface area contributed by atoms with Crippen molar-refractivity contribution in [3.8, 4) is 11.4 Å². The van der Waals surface area contributed by atoms with E-state index in [2.05, 4.69) is 39.2 Å². The van der Waals surface area contributed by atoms with E-state index < -0.39 is 31.8 Å². The van der Waals surface area contributed by atoms with Crippen molar-refractivity contribution in [2.45, 2.75) is 96.8 Å². The molecule has 0 saturated heterocycles. The highest BCUT2D eigenvalue weighted by Gasteiger charge is 2.45. The molecular weight excluding hydrogens is 597 g/mol. The maximum Gasteiger partial charge on any atom is 0.407 e. The monoisotopic (exact) mass is 637 g/mol. The third kappa shape index (κ3) is 5.07. The second-order valence-electron chi connectivity index (χ2n) is 13.7. The number of cyclic esters (lactones) is 1. The summed E-state index contributed by atoms with van der Waals surface area (Å²) < 4.78 is 33.8. The molecule has 0 fully saturated rings. The van der Waals surface area contributed by atoms with Crippen LogP contribution in [0.3, 0.4) is 0 Å². The van der Waals surface area contributed by atoms with Gasteiger partial charge in [0, 0.05) is 34.7 Å². The Kier molecular flexibility index (Phi) is 7.69. The summed E-state index contributed by atoms with van der Waals surface area (Å²) in [6.45, 7) is 12.8. The van der Waals surface area contributed by atoms with Gasteiger partial charge in [-0.25, -0.2) is 19.0 Å². The van der Waals surface area contributed by atoms with Crippen molar-refractivity contribution >= 4 is 31.3 Å². The van der Waals surface area contributed by atoms with Crippen LogP contribution in [0.15, 0.2) is 16.9 Å². The van der Waals surface area contributed by atoms with Crippen LogP contribution in [-0.2, 0) is 56.8 Å². The van der Waals surface area contributed by atoms with Gasteiger partial charge in [0.1, 0.15) is 19.0 Å². The van der Waals surface area contributed by atoms with Crippen molar-refractivity contribution in [3.05, 3.63) is 61.7 Å². The number of hydrogen-bond acceptors (Lipinski definition) is 8. The van der Waals surface area contributed by atoms with E-state index in [0.29, 0.717) is 35.5 Å². The number of nitrogens with zero attached hydrogens (tertiary/aromatic N) is 2. The highest BCUT2D eigenvalue weighted by Crippen LogP contribution is 2.43. The van der Waals surface area contributed by atoms with Crippen molar-refractivity contribution in [1.82, 2.24) is 14.9 Å². The van der Waals surface area contributed by atoms with Crippen molar-refractivity contribution in [2.24, 2.45) is 0 Å². The van der Waals surface area contributed by atoms with Gasteiger partial charge in [0.05, 0.1) is 35.6 Å². The molecule has 4 heterocycles. The Bertz CT molecular complexity index is 1810.